The van der Waals surface area contributed by atoms with Crippen molar-refractivity contribution in [3.05, 3.63) is 41.6 Å². The zero-order chi connectivity index (χ0) is 22.1. The summed E-state index contributed by atoms with van der Waals surface area (Å²) in [5.74, 6) is -0.941. The number of aliphatic carboxylic acids is 1. The Bertz CT molecular complexity index is 1020. The molecule has 0 aromatic carbocycles. The van der Waals surface area contributed by atoms with Crippen molar-refractivity contribution in [1.29, 1.82) is 0 Å². The van der Waals surface area contributed by atoms with Gasteiger partial charge in [-0.05, 0) is 28.7 Å². The Morgan fingerprint density at radius 2 is 2.07 bits per heavy atom. The van der Waals surface area contributed by atoms with Crippen molar-refractivity contribution in [3.63, 3.8) is 0 Å². The van der Waals surface area contributed by atoms with Gasteiger partial charge in [0.05, 0.1) is 18.2 Å². The van der Waals surface area contributed by atoms with Gasteiger partial charge in [-0.3, -0.25) is 4.90 Å². The first-order chi connectivity index (χ1) is 14.1. The van der Waals surface area contributed by atoms with E-state index in [1.165, 1.54) is 17.8 Å². The van der Waals surface area contributed by atoms with Gasteiger partial charge in [-0.1, -0.05) is 11.7 Å². The van der Waals surface area contributed by atoms with Crippen LogP contribution in [0.15, 0.2) is 30.0 Å². The number of carboxylic acid groups (broad SMARTS) is 1. The summed E-state index contributed by atoms with van der Waals surface area (Å²) in [5.41, 5.74) is -1.43. The number of carboxylic acids is 1. The van der Waals surface area contributed by atoms with Gasteiger partial charge in [-0.15, -0.1) is 0 Å². The van der Waals surface area contributed by atoms with E-state index in [9.17, 15) is 23.1 Å². The molecule has 160 valence electrons. The number of ether oxygens (including phenoxy) is 1. The maximum atomic E-state index is 13.7. The summed E-state index contributed by atoms with van der Waals surface area (Å²) in [5, 5.41) is 24.1. The second-order valence-corrected chi connectivity index (χ2v) is 6.19. The molecule has 0 spiro atoms. The number of anilines is 1. The zero-order valence-corrected chi connectivity index (χ0v) is 15.9. The molecule has 0 bridgehead atoms. The van der Waals surface area contributed by atoms with Gasteiger partial charge >= 0.3 is 12.1 Å². The third-order valence-electron chi connectivity index (χ3n) is 4.23. The lowest BCUT2D eigenvalue weighted by Crippen LogP contribution is -2.48. The summed E-state index contributed by atoms with van der Waals surface area (Å²) in [6.45, 7) is 3.02. The van der Waals surface area contributed by atoms with E-state index >= 15 is 0 Å². The van der Waals surface area contributed by atoms with Crippen molar-refractivity contribution in [2.45, 2.75) is 18.8 Å². The predicted octanol–water partition coefficient (Wildman–Crippen LogP) is 0.844. The number of rotatable bonds is 7. The third-order valence-corrected chi connectivity index (χ3v) is 4.23. The number of tetrazole rings is 1. The fourth-order valence-electron chi connectivity index (χ4n) is 2.90. The Labute approximate surface area is 167 Å². The van der Waals surface area contributed by atoms with Crippen LogP contribution in [0.2, 0.25) is 0 Å². The van der Waals surface area contributed by atoms with Crippen LogP contribution in [0.5, 0.6) is 0 Å². The van der Waals surface area contributed by atoms with E-state index in [1.54, 1.807) is 7.05 Å². The normalized spacial score (nSPS) is 17.0. The minimum absolute atomic E-state index is 0.152. The number of aromatic nitrogens is 7. The molecule has 0 amide bonds. The number of alkyl halides is 3. The highest BCUT2D eigenvalue weighted by Crippen LogP contribution is 2.37. The van der Waals surface area contributed by atoms with Gasteiger partial charge in [-0.25, -0.2) is 19.1 Å². The third kappa shape index (κ3) is 4.07. The second kappa shape index (κ2) is 8.06. The van der Waals surface area contributed by atoms with Crippen LogP contribution in [0.3, 0.4) is 0 Å². The Morgan fingerprint density at radius 3 is 2.60 bits per heavy atom. The van der Waals surface area contributed by atoms with Crippen LogP contribution in [0.1, 0.15) is 11.6 Å². The first kappa shape index (κ1) is 21.2. The standard InChI is InChI=1S/C16H17F3N8O3/c1-4-13-20-12(22-25(13)2)8-30-7-10-9(14(28)29)5-6-11(16(17,18)19)27(10)15-21-23-24-26(15)3/h4-6,10H,1,7-8H2,2-3H3,(H,28,29). The number of allylic oxidation sites excluding steroid dienone is 3. The molecule has 1 unspecified atom stereocenters. The van der Waals surface area contributed by atoms with Crippen molar-refractivity contribution in [1.82, 2.24) is 35.0 Å². The number of hydrogen-bond acceptors (Lipinski definition) is 8. The van der Waals surface area contributed by atoms with Crippen LogP contribution in [0.4, 0.5) is 19.1 Å². The maximum absolute atomic E-state index is 13.7. The first-order valence-corrected chi connectivity index (χ1v) is 8.47. The molecule has 0 aliphatic carbocycles. The minimum Gasteiger partial charge on any atom is -0.478 e. The molecule has 1 aliphatic heterocycles. The second-order valence-electron chi connectivity index (χ2n) is 6.19. The SMILES string of the molecule is C=Cc1nc(COCC2C(C(=O)O)=CC=C(C(F)(F)F)N2c2nnnn2C)nn1C. The topological polar surface area (TPSA) is 124 Å². The highest BCUT2D eigenvalue weighted by atomic mass is 19.4. The molecule has 0 fully saturated rings. The van der Waals surface area contributed by atoms with Gasteiger partial charge in [0.25, 0.3) is 0 Å². The van der Waals surface area contributed by atoms with Gasteiger partial charge in [0.1, 0.15) is 18.1 Å². The smallest absolute Gasteiger partial charge is 0.431 e. The van der Waals surface area contributed by atoms with Gasteiger partial charge in [0.15, 0.2) is 5.82 Å². The average molecular weight is 426 g/mol. The lowest BCUT2D eigenvalue weighted by Gasteiger charge is -2.36. The average Bonchev–Trinajstić information content (AvgIpc) is 3.25. The van der Waals surface area contributed by atoms with E-state index in [4.69, 9.17) is 4.74 Å². The molecule has 11 nitrogen and oxygen atoms in total. The largest absolute Gasteiger partial charge is 0.478 e. The summed E-state index contributed by atoms with van der Waals surface area (Å²) in [7, 11) is 2.98. The van der Waals surface area contributed by atoms with Gasteiger partial charge in [0.2, 0.25) is 5.95 Å². The summed E-state index contributed by atoms with van der Waals surface area (Å²) < 4.78 is 48.9. The first-order valence-electron chi connectivity index (χ1n) is 8.47. The molecule has 14 heteroatoms. The molecule has 30 heavy (non-hydrogen) atoms. The molecule has 0 saturated heterocycles. The van der Waals surface area contributed by atoms with Crippen LogP contribution in [-0.2, 0) is 30.2 Å². The van der Waals surface area contributed by atoms with Crippen LogP contribution < -0.4 is 4.90 Å². The maximum Gasteiger partial charge on any atom is 0.431 e. The number of nitrogens with zero attached hydrogens (tertiary/aromatic N) is 8. The van der Waals surface area contributed by atoms with E-state index in [0.29, 0.717) is 16.8 Å². The summed E-state index contributed by atoms with van der Waals surface area (Å²) in [6.07, 6.45) is -1.74. The lowest BCUT2D eigenvalue weighted by molar-refractivity contribution is -0.133. The molecule has 1 atom stereocenters. The van der Waals surface area contributed by atoms with E-state index in [-0.39, 0.29) is 24.0 Å². The summed E-state index contributed by atoms with van der Waals surface area (Å²) in [6, 6.07) is -1.35. The summed E-state index contributed by atoms with van der Waals surface area (Å²) in [4.78, 5) is 16.5. The highest BCUT2D eigenvalue weighted by Gasteiger charge is 2.46. The molecule has 3 rings (SSSR count). The van der Waals surface area contributed by atoms with Crippen molar-refractivity contribution in [2.24, 2.45) is 14.1 Å². The van der Waals surface area contributed by atoms with Gasteiger partial charge in [0, 0.05) is 14.1 Å². The van der Waals surface area contributed by atoms with Crippen molar-refractivity contribution in [3.8, 4) is 0 Å². The molecule has 0 saturated carbocycles. The van der Waals surface area contributed by atoms with Gasteiger partial charge < -0.3 is 9.84 Å². The number of carbonyl (C=O) groups is 1. The van der Waals surface area contributed by atoms with E-state index in [0.717, 1.165) is 10.8 Å². The Balaban J connectivity index is 1.91. The van der Waals surface area contributed by atoms with E-state index in [2.05, 4.69) is 32.2 Å². The Morgan fingerprint density at radius 1 is 1.33 bits per heavy atom. The number of hydrogen-bond donors (Lipinski definition) is 1. The van der Waals surface area contributed by atoms with Crippen molar-refractivity contribution in [2.75, 3.05) is 11.5 Å². The van der Waals surface area contributed by atoms with Crippen LogP contribution in [0.25, 0.3) is 6.08 Å². The molecule has 0 radical (unpaired) electrons. The number of halogens is 3. The summed E-state index contributed by atoms with van der Waals surface area (Å²) >= 11 is 0. The lowest BCUT2D eigenvalue weighted by atomic mass is 10.0. The van der Waals surface area contributed by atoms with Crippen LogP contribution >= 0.6 is 0 Å². The highest BCUT2D eigenvalue weighted by molar-refractivity contribution is 5.90. The molecule has 2 aromatic heterocycles. The Hall–Kier alpha value is -3.55. The molecule has 1 N–H and O–H groups in total. The van der Waals surface area contributed by atoms with Crippen molar-refractivity contribution >= 4 is 18.0 Å². The Kier molecular flexibility index (Phi) is 5.69. The molecule has 3 heterocycles. The fourth-order valence-corrected chi connectivity index (χ4v) is 2.90. The van der Waals surface area contributed by atoms with E-state index in [1.807, 2.05) is 0 Å². The molecular weight excluding hydrogens is 409 g/mol. The molecular formula is C16H17F3N8O3. The molecule has 2 aromatic rings. The monoisotopic (exact) mass is 426 g/mol. The molecule has 1 aliphatic rings. The fraction of sp³-hybridized carbons (Fsp3) is 0.375. The van der Waals surface area contributed by atoms with Gasteiger partial charge in [-0.2, -0.15) is 18.3 Å². The minimum atomic E-state index is -4.79. The zero-order valence-electron chi connectivity index (χ0n) is 15.9. The number of aryl methyl sites for hydroxylation is 2. The van der Waals surface area contributed by atoms with Crippen LogP contribution in [-0.4, -0.2) is 64.9 Å². The van der Waals surface area contributed by atoms with E-state index < -0.39 is 30.5 Å². The predicted molar refractivity (Wildman–Crippen MR) is 95.7 cm³/mol. The van der Waals surface area contributed by atoms with Crippen molar-refractivity contribution < 1.29 is 27.8 Å². The quantitative estimate of drug-likeness (QED) is 0.686. The van der Waals surface area contributed by atoms with Crippen LogP contribution in [0, 0.1) is 0 Å².